The Labute approximate surface area is 111 Å². The number of nitrogens with two attached hydrogens (primary N) is 1. The first-order valence-corrected chi connectivity index (χ1v) is 6.33. The van der Waals surface area contributed by atoms with Crippen molar-refractivity contribution < 1.29 is 10.3 Å². The zero-order valence-electron chi connectivity index (χ0n) is 11.0. The highest BCUT2D eigenvalue weighted by Gasteiger charge is 2.21. The molecule has 0 aromatic carbocycles. The van der Waals surface area contributed by atoms with E-state index in [4.69, 9.17) is 16.0 Å². The molecule has 1 aliphatic heterocycles. The SMILES string of the molecule is Cc1cc(/C(N)=N/O)nc(N2CCC(CO)CC2)n1. The second-order valence-corrected chi connectivity index (χ2v) is 4.79. The van der Waals surface area contributed by atoms with Crippen LogP contribution < -0.4 is 10.6 Å². The molecule has 2 heterocycles. The number of nitrogens with zero attached hydrogens (tertiary/aromatic N) is 4. The van der Waals surface area contributed by atoms with Gasteiger partial charge >= 0.3 is 0 Å². The number of aromatic nitrogens is 2. The highest BCUT2D eigenvalue weighted by atomic mass is 16.4. The molecule has 0 unspecified atom stereocenters. The lowest BCUT2D eigenvalue weighted by Gasteiger charge is -2.31. The number of piperidine rings is 1. The first-order chi connectivity index (χ1) is 9.13. The highest BCUT2D eigenvalue weighted by molar-refractivity contribution is 5.95. The third-order valence-corrected chi connectivity index (χ3v) is 3.37. The molecule has 0 amide bonds. The van der Waals surface area contributed by atoms with Gasteiger partial charge < -0.3 is 20.9 Å². The van der Waals surface area contributed by atoms with Gasteiger partial charge in [-0.25, -0.2) is 9.97 Å². The number of anilines is 1. The highest BCUT2D eigenvalue weighted by Crippen LogP contribution is 2.20. The van der Waals surface area contributed by atoms with Gasteiger partial charge in [-0.15, -0.1) is 0 Å². The quantitative estimate of drug-likeness (QED) is 0.309. The van der Waals surface area contributed by atoms with Gasteiger partial charge in [-0.05, 0) is 31.7 Å². The van der Waals surface area contributed by atoms with Crippen molar-refractivity contribution in [2.75, 3.05) is 24.6 Å². The Balaban J connectivity index is 2.19. The summed E-state index contributed by atoms with van der Waals surface area (Å²) >= 11 is 0. The maximum absolute atomic E-state index is 9.13. The van der Waals surface area contributed by atoms with Crippen LogP contribution >= 0.6 is 0 Å². The Morgan fingerprint density at radius 1 is 1.47 bits per heavy atom. The molecule has 7 heteroatoms. The molecule has 4 N–H and O–H groups in total. The van der Waals surface area contributed by atoms with E-state index in [0.717, 1.165) is 31.6 Å². The van der Waals surface area contributed by atoms with Crippen LogP contribution in [0.5, 0.6) is 0 Å². The Bertz CT molecular complexity index is 469. The Morgan fingerprint density at radius 2 is 2.16 bits per heavy atom. The van der Waals surface area contributed by atoms with Crippen LogP contribution in [0.4, 0.5) is 5.95 Å². The predicted octanol–water partition coefficient (Wildman–Crippen LogP) is 0.0882. The monoisotopic (exact) mass is 265 g/mol. The lowest BCUT2D eigenvalue weighted by atomic mass is 9.98. The van der Waals surface area contributed by atoms with Crippen molar-refractivity contribution in [1.29, 1.82) is 0 Å². The maximum atomic E-state index is 9.13. The van der Waals surface area contributed by atoms with E-state index in [9.17, 15) is 0 Å². The van der Waals surface area contributed by atoms with Crippen LogP contribution in [-0.2, 0) is 0 Å². The standard InChI is InChI=1S/C12H19N5O2/c1-8-6-10(11(13)16-19)15-12(14-8)17-4-2-9(7-18)3-5-17/h6,9,18-19H,2-5,7H2,1H3,(H2,13,16). The number of aliphatic hydroxyl groups is 1. The largest absolute Gasteiger partial charge is 0.409 e. The molecule has 1 saturated heterocycles. The smallest absolute Gasteiger partial charge is 0.226 e. The molecule has 0 bridgehead atoms. The molecule has 19 heavy (non-hydrogen) atoms. The average Bonchev–Trinajstić information content (AvgIpc) is 2.45. The third kappa shape index (κ3) is 3.11. The molecular weight excluding hydrogens is 246 g/mol. The van der Waals surface area contributed by atoms with Crippen molar-refractivity contribution in [3.63, 3.8) is 0 Å². The normalized spacial score (nSPS) is 17.8. The van der Waals surface area contributed by atoms with E-state index in [1.807, 2.05) is 6.92 Å². The summed E-state index contributed by atoms with van der Waals surface area (Å²) in [4.78, 5) is 10.8. The summed E-state index contributed by atoms with van der Waals surface area (Å²) in [6, 6.07) is 1.68. The third-order valence-electron chi connectivity index (χ3n) is 3.37. The topological polar surface area (TPSA) is 108 Å². The number of hydrogen-bond donors (Lipinski definition) is 3. The number of oxime groups is 1. The van der Waals surface area contributed by atoms with E-state index in [0.29, 0.717) is 17.6 Å². The molecule has 104 valence electrons. The first kappa shape index (κ1) is 13.5. The van der Waals surface area contributed by atoms with E-state index in [2.05, 4.69) is 20.0 Å². The average molecular weight is 265 g/mol. The fourth-order valence-corrected chi connectivity index (χ4v) is 2.19. The van der Waals surface area contributed by atoms with Gasteiger partial charge in [-0.3, -0.25) is 0 Å². The molecule has 7 nitrogen and oxygen atoms in total. The summed E-state index contributed by atoms with van der Waals surface area (Å²) < 4.78 is 0. The van der Waals surface area contributed by atoms with Crippen LogP contribution in [0, 0.1) is 12.8 Å². The van der Waals surface area contributed by atoms with Gasteiger partial charge in [0, 0.05) is 25.4 Å². The van der Waals surface area contributed by atoms with Gasteiger partial charge in [0.05, 0.1) is 0 Å². The van der Waals surface area contributed by atoms with Gasteiger partial charge in [-0.2, -0.15) is 0 Å². The molecular formula is C12H19N5O2. The van der Waals surface area contributed by atoms with Crippen LogP contribution in [0.2, 0.25) is 0 Å². The second kappa shape index (κ2) is 5.83. The fraction of sp³-hybridized carbons (Fsp3) is 0.583. The number of hydrogen-bond acceptors (Lipinski definition) is 6. The molecule has 0 radical (unpaired) electrons. The van der Waals surface area contributed by atoms with Crippen LogP contribution in [0.1, 0.15) is 24.2 Å². The van der Waals surface area contributed by atoms with Crippen molar-refractivity contribution in [1.82, 2.24) is 9.97 Å². The van der Waals surface area contributed by atoms with Crippen molar-refractivity contribution in [3.05, 3.63) is 17.5 Å². The predicted molar refractivity (Wildman–Crippen MR) is 71.3 cm³/mol. The van der Waals surface area contributed by atoms with Crippen LogP contribution in [0.3, 0.4) is 0 Å². The second-order valence-electron chi connectivity index (χ2n) is 4.79. The van der Waals surface area contributed by atoms with Crippen LogP contribution in [-0.4, -0.2) is 45.8 Å². The summed E-state index contributed by atoms with van der Waals surface area (Å²) in [5.41, 5.74) is 6.76. The van der Waals surface area contributed by atoms with Crippen molar-refractivity contribution >= 4 is 11.8 Å². The molecule has 0 atom stereocenters. The zero-order valence-corrected chi connectivity index (χ0v) is 11.0. The molecule has 1 fully saturated rings. The van der Waals surface area contributed by atoms with Gasteiger partial charge in [0.25, 0.3) is 0 Å². The molecule has 2 rings (SSSR count). The maximum Gasteiger partial charge on any atom is 0.226 e. The van der Waals surface area contributed by atoms with Crippen LogP contribution in [0.25, 0.3) is 0 Å². The minimum Gasteiger partial charge on any atom is -0.409 e. The van der Waals surface area contributed by atoms with Crippen molar-refractivity contribution in [3.8, 4) is 0 Å². The molecule has 0 saturated carbocycles. The summed E-state index contributed by atoms with van der Waals surface area (Å²) in [7, 11) is 0. The summed E-state index contributed by atoms with van der Waals surface area (Å²) in [6.45, 7) is 3.70. The zero-order chi connectivity index (χ0) is 13.8. The lowest BCUT2D eigenvalue weighted by molar-refractivity contribution is 0.202. The van der Waals surface area contributed by atoms with Gasteiger partial charge in [0.2, 0.25) is 5.95 Å². The van der Waals surface area contributed by atoms with Crippen LogP contribution in [0.15, 0.2) is 11.2 Å². The van der Waals surface area contributed by atoms with E-state index < -0.39 is 0 Å². The number of aryl methyl sites for hydroxylation is 1. The Kier molecular flexibility index (Phi) is 4.16. The minimum absolute atomic E-state index is 0.0167. The number of aliphatic hydroxyl groups excluding tert-OH is 1. The van der Waals surface area contributed by atoms with Gasteiger partial charge in [0.1, 0.15) is 5.69 Å². The molecule has 1 aromatic rings. The lowest BCUT2D eigenvalue weighted by Crippen LogP contribution is -2.36. The van der Waals surface area contributed by atoms with Crippen molar-refractivity contribution in [2.24, 2.45) is 16.8 Å². The fourth-order valence-electron chi connectivity index (χ4n) is 2.19. The summed E-state index contributed by atoms with van der Waals surface area (Å²) in [5.74, 6) is 0.944. The summed E-state index contributed by atoms with van der Waals surface area (Å²) in [6.07, 6.45) is 1.85. The first-order valence-electron chi connectivity index (χ1n) is 6.33. The Hall–Kier alpha value is -1.89. The van der Waals surface area contributed by atoms with E-state index >= 15 is 0 Å². The molecule has 1 aromatic heterocycles. The minimum atomic E-state index is -0.0167. The molecule has 0 spiro atoms. The Morgan fingerprint density at radius 3 is 2.74 bits per heavy atom. The van der Waals surface area contributed by atoms with E-state index in [1.54, 1.807) is 6.07 Å². The number of amidine groups is 1. The van der Waals surface area contributed by atoms with Crippen molar-refractivity contribution in [2.45, 2.75) is 19.8 Å². The van der Waals surface area contributed by atoms with E-state index in [-0.39, 0.29) is 12.4 Å². The van der Waals surface area contributed by atoms with Gasteiger partial charge in [-0.1, -0.05) is 5.16 Å². The molecule has 0 aliphatic carbocycles. The van der Waals surface area contributed by atoms with Gasteiger partial charge in [0.15, 0.2) is 5.84 Å². The molecule has 1 aliphatic rings. The van der Waals surface area contributed by atoms with E-state index in [1.165, 1.54) is 0 Å². The number of rotatable bonds is 3. The summed E-state index contributed by atoms with van der Waals surface area (Å²) in [5, 5.41) is 20.8.